The molecule has 2 rings (SSSR count). The molecule has 1 amide bonds. The smallest absolute Gasteiger partial charge is 0.311 e. The number of carbonyl (C=O) groups excluding carboxylic acids is 1. The van der Waals surface area contributed by atoms with Crippen LogP contribution in [0.5, 0.6) is 0 Å². The van der Waals surface area contributed by atoms with E-state index in [9.17, 15) is 14.7 Å². The first kappa shape index (κ1) is 13.6. The van der Waals surface area contributed by atoms with Crippen LogP contribution in [0.2, 0.25) is 0 Å². The van der Waals surface area contributed by atoms with Gasteiger partial charge < -0.3 is 10.0 Å². The third-order valence-electron chi connectivity index (χ3n) is 3.76. The normalized spacial score (nSPS) is 23.1. The number of carbonyl (C=O) groups is 2. The molecule has 4 nitrogen and oxygen atoms in total. The maximum atomic E-state index is 12.2. The van der Waals surface area contributed by atoms with Crippen molar-refractivity contribution in [2.24, 2.45) is 5.41 Å². The maximum Gasteiger partial charge on any atom is 0.311 e. The Morgan fingerprint density at radius 3 is 2.63 bits per heavy atom. The van der Waals surface area contributed by atoms with Gasteiger partial charge in [-0.25, -0.2) is 0 Å². The first-order valence-corrected chi connectivity index (χ1v) is 6.56. The van der Waals surface area contributed by atoms with Crippen LogP contribution in [0.4, 0.5) is 0 Å². The standard InChI is InChI=1S/C15H19NO3/c1-15(14(18)19)8-5-9-16(11-15)13(17)10-12-6-3-2-4-7-12/h2-4,6-7H,5,8-11H2,1H3,(H,18,19). The van der Waals surface area contributed by atoms with Crippen LogP contribution in [-0.2, 0) is 16.0 Å². The number of carboxylic acid groups (broad SMARTS) is 1. The van der Waals surface area contributed by atoms with Crippen molar-refractivity contribution in [2.75, 3.05) is 13.1 Å². The van der Waals surface area contributed by atoms with E-state index in [2.05, 4.69) is 0 Å². The second kappa shape index (κ2) is 5.43. The molecular weight excluding hydrogens is 242 g/mol. The molecule has 1 aromatic rings. The fourth-order valence-electron chi connectivity index (χ4n) is 2.51. The van der Waals surface area contributed by atoms with Crippen LogP contribution in [0, 0.1) is 5.41 Å². The van der Waals surface area contributed by atoms with Gasteiger partial charge in [-0.15, -0.1) is 0 Å². The zero-order chi connectivity index (χ0) is 13.9. The molecule has 1 N–H and O–H groups in total. The largest absolute Gasteiger partial charge is 0.481 e. The SMILES string of the molecule is CC1(C(=O)O)CCCN(C(=O)Cc2ccccc2)C1. The lowest BCUT2D eigenvalue weighted by molar-refractivity contribution is -0.153. The molecule has 1 fully saturated rings. The molecule has 0 saturated carbocycles. The van der Waals surface area contributed by atoms with Gasteiger partial charge in [-0.05, 0) is 25.3 Å². The number of nitrogens with zero attached hydrogens (tertiary/aromatic N) is 1. The number of benzene rings is 1. The van der Waals surface area contributed by atoms with E-state index in [1.807, 2.05) is 30.3 Å². The van der Waals surface area contributed by atoms with E-state index in [0.29, 0.717) is 25.9 Å². The van der Waals surface area contributed by atoms with Crippen LogP contribution in [-0.4, -0.2) is 35.0 Å². The second-order valence-electron chi connectivity index (χ2n) is 5.45. The Labute approximate surface area is 113 Å². The number of amides is 1. The maximum absolute atomic E-state index is 12.2. The number of hydrogen-bond donors (Lipinski definition) is 1. The highest BCUT2D eigenvalue weighted by Crippen LogP contribution is 2.29. The summed E-state index contributed by atoms with van der Waals surface area (Å²) < 4.78 is 0. The topological polar surface area (TPSA) is 57.6 Å². The van der Waals surface area contributed by atoms with Gasteiger partial charge in [0, 0.05) is 13.1 Å². The van der Waals surface area contributed by atoms with Crippen LogP contribution >= 0.6 is 0 Å². The third kappa shape index (κ3) is 3.13. The van der Waals surface area contributed by atoms with Crippen molar-refractivity contribution in [3.63, 3.8) is 0 Å². The molecule has 1 atom stereocenters. The van der Waals surface area contributed by atoms with Gasteiger partial charge in [0.15, 0.2) is 0 Å². The van der Waals surface area contributed by atoms with Gasteiger partial charge in [-0.1, -0.05) is 30.3 Å². The monoisotopic (exact) mass is 261 g/mol. The van der Waals surface area contributed by atoms with E-state index in [1.165, 1.54) is 0 Å². The molecule has 0 aliphatic carbocycles. The minimum atomic E-state index is -0.815. The van der Waals surface area contributed by atoms with Gasteiger partial charge in [0.2, 0.25) is 5.91 Å². The summed E-state index contributed by atoms with van der Waals surface area (Å²) in [6, 6.07) is 9.55. The van der Waals surface area contributed by atoms with Crippen molar-refractivity contribution in [3.8, 4) is 0 Å². The lowest BCUT2D eigenvalue weighted by atomic mass is 9.82. The zero-order valence-electron chi connectivity index (χ0n) is 11.1. The van der Waals surface area contributed by atoms with Crippen LogP contribution < -0.4 is 0 Å². The molecule has 0 radical (unpaired) electrons. The molecule has 1 aliphatic rings. The summed E-state index contributed by atoms with van der Waals surface area (Å²) in [5.41, 5.74) is 0.167. The van der Waals surface area contributed by atoms with Crippen molar-refractivity contribution >= 4 is 11.9 Å². The molecule has 1 heterocycles. The Kier molecular flexibility index (Phi) is 3.88. The van der Waals surface area contributed by atoms with Gasteiger partial charge in [0.1, 0.15) is 0 Å². The third-order valence-corrected chi connectivity index (χ3v) is 3.76. The summed E-state index contributed by atoms with van der Waals surface area (Å²) in [4.78, 5) is 25.2. The average molecular weight is 261 g/mol. The van der Waals surface area contributed by atoms with Gasteiger partial charge >= 0.3 is 5.97 Å². The Morgan fingerprint density at radius 2 is 2.00 bits per heavy atom. The molecule has 1 aliphatic heterocycles. The first-order valence-electron chi connectivity index (χ1n) is 6.56. The Balaban J connectivity index is 2.02. The van der Waals surface area contributed by atoms with Gasteiger partial charge in [-0.2, -0.15) is 0 Å². The molecule has 0 aromatic heterocycles. The summed E-state index contributed by atoms with van der Waals surface area (Å²) in [7, 11) is 0. The average Bonchev–Trinajstić information content (AvgIpc) is 2.40. The fraction of sp³-hybridized carbons (Fsp3) is 0.467. The van der Waals surface area contributed by atoms with E-state index in [0.717, 1.165) is 12.0 Å². The predicted molar refractivity (Wildman–Crippen MR) is 71.7 cm³/mol. The minimum Gasteiger partial charge on any atom is -0.481 e. The van der Waals surface area contributed by atoms with Gasteiger partial charge in [-0.3, -0.25) is 9.59 Å². The zero-order valence-corrected chi connectivity index (χ0v) is 11.1. The molecule has 1 saturated heterocycles. The van der Waals surface area contributed by atoms with E-state index in [1.54, 1.807) is 11.8 Å². The fourth-order valence-corrected chi connectivity index (χ4v) is 2.51. The molecule has 102 valence electrons. The Bertz CT molecular complexity index is 472. The molecular formula is C15H19NO3. The number of likely N-dealkylation sites (tertiary alicyclic amines) is 1. The molecule has 0 bridgehead atoms. The molecule has 0 spiro atoms. The number of hydrogen-bond acceptors (Lipinski definition) is 2. The van der Waals surface area contributed by atoms with Crippen molar-refractivity contribution < 1.29 is 14.7 Å². The number of piperidine rings is 1. The van der Waals surface area contributed by atoms with Crippen LogP contribution in [0.1, 0.15) is 25.3 Å². The van der Waals surface area contributed by atoms with Crippen molar-refractivity contribution in [1.82, 2.24) is 4.90 Å². The van der Waals surface area contributed by atoms with E-state index < -0.39 is 11.4 Å². The summed E-state index contributed by atoms with van der Waals surface area (Å²) in [6.45, 7) is 2.69. The minimum absolute atomic E-state index is 0.0124. The van der Waals surface area contributed by atoms with Crippen molar-refractivity contribution in [2.45, 2.75) is 26.2 Å². The second-order valence-corrected chi connectivity index (χ2v) is 5.45. The van der Waals surface area contributed by atoms with Crippen LogP contribution in [0.3, 0.4) is 0 Å². The van der Waals surface area contributed by atoms with Gasteiger partial charge in [0.05, 0.1) is 11.8 Å². The summed E-state index contributed by atoms with van der Waals surface area (Å²) in [5, 5.41) is 9.25. The van der Waals surface area contributed by atoms with Gasteiger partial charge in [0.25, 0.3) is 0 Å². The number of rotatable bonds is 3. The van der Waals surface area contributed by atoms with E-state index in [4.69, 9.17) is 0 Å². The number of aliphatic carboxylic acids is 1. The Hall–Kier alpha value is -1.84. The lowest BCUT2D eigenvalue weighted by Crippen LogP contribution is -2.48. The van der Waals surface area contributed by atoms with Crippen molar-refractivity contribution in [1.29, 1.82) is 0 Å². The first-order chi connectivity index (χ1) is 9.01. The highest BCUT2D eigenvalue weighted by molar-refractivity contribution is 5.81. The Morgan fingerprint density at radius 1 is 1.32 bits per heavy atom. The summed E-state index contributed by atoms with van der Waals surface area (Å²) in [5.74, 6) is -0.803. The summed E-state index contributed by atoms with van der Waals surface area (Å²) in [6.07, 6.45) is 1.73. The van der Waals surface area contributed by atoms with E-state index in [-0.39, 0.29) is 5.91 Å². The van der Waals surface area contributed by atoms with Crippen molar-refractivity contribution in [3.05, 3.63) is 35.9 Å². The lowest BCUT2D eigenvalue weighted by Gasteiger charge is -2.37. The molecule has 19 heavy (non-hydrogen) atoms. The number of carboxylic acids is 1. The highest BCUT2D eigenvalue weighted by atomic mass is 16.4. The molecule has 1 unspecified atom stereocenters. The highest BCUT2D eigenvalue weighted by Gasteiger charge is 2.39. The van der Waals surface area contributed by atoms with Crippen LogP contribution in [0.15, 0.2) is 30.3 Å². The molecule has 4 heteroatoms. The molecule has 1 aromatic carbocycles. The predicted octanol–water partition coefficient (Wildman–Crippen LogP) is 1.94. The van der Waals surface area contributed by atoms with E-state index >= 15 is 0 Å². The summed E-state index contributed by atoms with van der Waals surface area (Å²) >= 11 is 0. The quantitative estimate of drug-likeness (QED) is 0.904. The van der Waals surface area contributed by atoms with Crippen LogP contribution in [0.25, 0.3) is 0 Å².